The number of carbonyl (C=O) groups excluding carboxylic acids is 2. The smallest absolute Gasteiger partial charge is 0.350 e. The Morgan fingerprint density at radius 3 is 2.26 bits per heavy atom. The van der Waals surface area contributed by atoms with Gasteiger partial charge < -0.3 is 10.1 Å². The van der Waals surface area contributed by atoms with E-state index in [-0.39, 0.29) is 11.5 Å². The summed E-state index contributed by atoms with van der Waals surface area (Å²) in [6.45, 7) is 2.98. The van der Waals surface area contributed by atoms with Gasteiger partial charge in [-0.05, 0) is 55.7 Å². The van der Waals surface area contributed by atoms with Gasteiger partial charge in [-0.3, -0.25) is 4.79 Å². The van der Waals surface area contributed by atoms with Crippen LogP contribution in [0.3, 0.4) is 0 Å². The van der Waals surface area contributed by atoms with E-state index >= 15 is 0 Å². The van der Waals surface area contributed by atoms with Crippen molar-refractivity contribution >= 4 is 38.9 Å². The second-order valence-electron chi connectivity index (χ2n) is 8.24. The number of hydrogen-bond donors (Lipinski definition) is 1. The molecule has 3 aromatic rings. The van der Waals surface area contributed by atoms with Gasteiger partial charge in [0, 0.05) is 23.5 Å². The zero-order valence-corrected chi connectivity index (χ0v) is 21.2. The number of anilines is 1. The molecule has 2 heterocycles. The molecule has 2 aromatic carbocycles. The molecule has 1 amide bonds. The lowest BCUT2D eigenvalue weighted by molar-refractivity contribution is 0.0533. The van der Waals surface area contributed by atoms with E-state index in [0.29, 0.717) is 29.2 Å². The van der Waals surface area contributed by atoms with Crippen LogP contribution in [0.15, 0.2) is 65.6 Å². The topological polar surface area (TPSA) is 92.8 Å². The van der Waals surface area contributed by atoms with Crippen molar-refractivity contribution < 1.29 is 22.7 Å². The van der Waals surface area contributed by atoms with E-state index in [9.17, 15) is 18.0 Å². The van der Waals surface area contributed by atoms with Gasteiger partial charge in [-0.2, -0.15) is 4.31 Å². The summed E-state index contributed by atoms with van der Waals surface area (Å²) in [5.74, 6) is -0.944. The lowest BCUT2D eigenvalue weighted by Gasteiger charge is -2.20. The maximum absolute atomic E-state index is 13.0. The summed E-state index contributed by atoms with van der Waals surface area (Å²) in [6.07, 6.45) is 3.78. The third kappa shape index (κ3) is 5.80. The van der Waals surface area contributed by atoms with E-state index in [2.05, 4.69) is 5.32 Å². The number of esters is 1. The fraction of sp³-hybridized carbons (Fsp3) is 0.308. The van der Waals surface area contributed by atoms with Crippen LogP contribution in [0.1, 0.15) is 52.6 Å². The number of hydrogen-bond acceptors (Lipinski definition) is 6. The van der Waals surface area contributed by atoms with Crippen molar-refractivity contribution in [2.75, 3.05) is 25.0 Å². The van der Waals surface area contributed by atoms with Crippen LogP contribution in [-0.2, 0) is 14.8 Å². The van der Waals surface area contributed by atoms with Crippen molar-refractivity contribution in [3.05, 3.63) is 71.1 Å². The Bertz CT molecular complexity index is 1280. The SMILES string of the molecule is CCOC(=O)c1sc(-c2ccccc2)cc1NC(=O)c1ccc(S(=O)(=O)N2CCCCCC2)cc1. The molecule has 1 N–H and O–H groups in total. The van der Waals surface area contributed by atoms with Crippen LogP contribution in [0.25, 0.3) is 10.4 Å². The number of benzene rings is 2. The number of ether oxygens (including phenoxy) is 1. The van der Waals surface area contributed by atoms with E-state index < -0.39 is 21.9 Å². The normalized spacial score (nSPS) is 14.8. The van der Waals surface area contributed by atoms with Crippen LogP contribution in [0.2, 0.25) is 0 Å². The van der Waals surface area contributed by atoms with Crippen molar-refractivity contribution in [2.24, 2.45) is 0 Å². The molecule has 1 saturated heterocycles. The summed E-state index contributed by atoms with van der Waals surface area (Å²) < 4.78 is 32.7. The molecule has 184 valence electrons. The first-order valence-corrected chi connectivity index (χ1v) is 13.9. The van der Waals surface area contributed by atoms with E-state index in [1.807, 2.05) is 30.3 Å². The van der Waals surface area contributed by atoms with Crippen LogP contribution in [-0.4, -0.2) is 44.3 Å². The predicted molar refractivity (Wildman–Crippen MR) is 137 cm³/mol. The highest BCUT2D eigenvalue weighted by Gasteiger charge is 2.26. The second-order valence-corrected chi connectivity index (χ2v) is 11.2. The van der Waals surface area contributed by atoms with Gasteiger partial charge in [-0.25, -0.2) is 13.2 Å². The van der Waals surface area contributed by atoms with Gasteiger partial charge in [-0.15, -0.1) is 11.3 Å². The number of nitrogens with zero attached hydrogens (tertiary/aromatic N) is 1. The molecule has 0 atom stereocenters. The maximum atomic E-state index is 13.0. The summed E-state index contributed by atoms with van der Waals surface area (Å²) in [7, 11) is -3.60. The number of thiophene rings is 1. The summed E-state index contributed by atoms with van der Waals surface area (Å²) in [4.78, 5) is 26.8. The van der Waals surface area contributed by atoms with Crippen molar-refractivity contribution in [2.45, 2.75) is 37.5 Å². The van der Waals surface area contributed by atoms with Gasteiger partial charge in [0.15, 0.2) is 0 Å². The Morgan fingerprint density at radius 1 is 0.971 bits per heavy atom. The van der Waals surface area contributed by atoms with Gasteiger partial charge in [0.2, 0.25) is 10.0 Å². The monoisotopic (exact) mass is 512 g/mol. The summed E-state index contributed by atoms with van der Waals surface area (Å²) in [5.41, 5.74) is 1.58. The molecule has 0 unspecified atom stereocenters. The minimum absolute atomic E-state index is 0.171. The standard InChI is InChI=1S/C26H28N2O5S2/c1-2-33-26(30)24-22(18-23(34-24)19-10-6-5-7-11-19)27-25(29)20-12-14-21(15-13-20)35(31,32)28-16-8-3-4-9-17-28/h5-7,10-15,18H,2-4,8-9,16-17H2,1H3,(H,27,29). The predicted octanol–water partition coefficient (Wildman–Crippen LogP) is 5.41. The number of sulfonamides is 1. The number of nitrogens with one attached hydrogen (secondary N) is 1. The molecule has 4 rings (SSSR count). The van der Waals surface area contributed by atoms with Crippen molar-refractivity contribution in [1.82, 2.24) is 4.31 Å². The Balaban J connectivity index is 1.55. The fourth-order valence-electron chi connectivity index (χ4n) is 3.98. The molecular weight excluding hydrogens is 484 g/mol. The van der Waals surface area contributed by atoms with Crippen LogP contribution in [0.4, 0.5) is 5.69 Å². The lowest BCUT2D eigenvalue weighted by atomic mass is 10.2. The van der Waals surface area contributed by atoms with Crippen LogP contribution in [0, 0.1) is 0 Å². The summed E-state index contributed by atoms with van der Waals surface area (Å²) >= 11 is 1.25. The average molecular weight is 513 g/mol. The van der Waals surface area contributed by atoms with Crippen molar-refractivity contribution in [3.8, 4) is 10.4 Å². The molecule has 1 aliphatic rings. The minimum atomic E-state index is -3.60. The van der Waals surface area contributed by atoms with Gasteiger partial charge >= 0.3 is 5.97 Å². The molecular formula is C26H28N2O5S2. The molecule has 0 radical (unpaired) electrons. The first-order chi connectivity index (χ1) is 16.9. The highest BCUT2D eigenvalue weighted by Crippen LogP contribution is 2.35. The summed E-state index contributed by atoms with van der Waals surface area (Å²) in [5, 5.41) is 2.80. The molecule has 1 aliphatic heterocycles. The Morgan fingerprint density at radius 2 is 1.63 bits per heavy atom. The molecule has 7 nitrogen and oxygen atoms in total. The number of amides is 1. The zero-order chi connectivity index (χ0) is 24.8. The molecule has 0 bridgehead atoms. The zero-order valence-electron chi connectivity index (χ0n) is 19.5. The molecule has 1 aromatic heterocycles. The largest absolute Gasteiger partial charge is 0.462 e. The summed E-state index contributed by atoms with van der Waals surface area (Å²) in [6, 6.07) is 17.2. The molecule has 1 fully saturated rings. The first-order valence-electron chi connectivity index (χ1n) is 11.7. The van der Waals surface area contributed by atoms with Crippen LogP contribution in [0.5, 0.6) is 0 Å². The highest BCUT2D eigenvalue weighted by molar-refractivity contribution is 7.89. The Hall–Kier alpha value is -3.01. The van der Waals surface area contributed by atoms with E-state index in [0.717, 1.165) is 36.1 Å². The van der Waals surface area contributed by atoms with Crippen LogP contribution >= 0.6 is 11.3 Å². The van der Waals surface area contributed by atoms with E-state index in [4.69, 9.17) is 4.74 Å². The van der Waals surface area contributed by atoms with E-state index in [1.165, 1.54) is 39.9 Å². The Kier molecular flexibility index (Phi) is 8.00. The van der Waals surface area contributed by atoms with Crippen molar-refractivity contribution in [3.63, 3.8) is 0 Å². The number of rotatable bonds is 7. The highest BCUT2D eigenvalue weighted by atomic mass is 32.2. The molecule has 0 saturated carbocycles. The van der Waals surface area contributed by atoms with Crippen molar-refractivity contribution in [1.29, 1.82) is 0 Å². The minimum Gasteiger partial charge on any atom is -0.462 e. The second kappa shape index (κ2) is 11.2. The van der Waals surface area contributed by atoms with Gasteiger partial charge in [0.05, 0.1) is 17.2 Å². The van der Waals surface area contributed by atoms with E-state index in [1.54, 1.807) is 13.0 Å². The van der Waals surface area contributed by atoms with Crippen LogP contribution < -0.4 is 5.32 Å². The molecule has 0 spiro atoms. The fourth-order valence-corrected chi connectivity index (χ4v) is 6.51. The average Bonchev–Trinajstić information content (AvgIpc) is 3.09. The van der Waals surface area contributed by atoms with Gasteiger partial charge in [0.25, 0.3) is 5.91 Å². The third-order valence-corrected chi connectivity index (χ3v) is 8.90. The lowest BCUT2D eigenvalue weighted by Crippen LogP contribution is -2.31. The molecule has 9 heteroatoms. The van der Waals surface area contributed by atoms with Gasteiger partial charge in [-0.1, -0.05) is 43.2 Å². The third-order valence-electron chi connectivity index (χ3n) is 5.82. The quantitative estimate of drug-likeness (QED) is 0.428. The Labute approximate surface area is 209 Å². The number of carbonyl (C=O) groups is 2. The maximum Gasteiger partial charge on any atom is 0.350 e. The van der Waals surface area contributed by atoms with Gasteiger partial charge in [0.1, 0.15) is 4.88 Å². The molecule has 0 aliphatic carbocycles. The molecule has 35 heavy (non-hydrogen) atoms. The first kappa shape index (κ1) is 25.1.